The minimum Gasteiger partial charge on any atom is -0.383 e. The predicted molar refractivity (Wildman–Crippen MR) is 68.0 cm³/mol. The lowest BCUT2D eigenvalue weighted by Crippen LogP contribution is -2.22. The molecule has 0 radical (unpaired) electrons. The van der Waals surface area contributed by atoms with Gasteiger partial charge in [0, 0.05) is 13.5 Å². The Morgan fingerprint density at radius 1 is 1.59 bits per heavy atom. The van der Waals surface area contributed by atoms with Crippen LogP contribution in [-0.2, 0) is 16.1 Å². The van der Waals surface area contributed by atoms with Gasteiger partial charge in [0.1, 0.15) is 5.78 Å². The quantitative estimate of drug-likeness (QED) is 0.858. The molecule has 0 saturated heterocycles. The summed E-state index contributed by atoms with van der Waals surface area (Å²) in [5.74, 6) is 0.355. The van der Waals surface area contributed by atoms with Gasteiger partial charge in [-0.05, 0) is 28.8 Å². The van der Waals surface area contributed by atoms with E-state index < -0.39 is 0 Å². The zero-order valence-corrected chi connectivity index (χ0v) is 11.6. The minimum atomic E-state index is 0.0116. The molecule has 17 heavy (non-hydrogen) atoms. The molecule has 1 aromatic rings. The molecule has 0 aromatic carbocycles. The largest absolute Gasteiger partial charge is 0.383 e. The van der Waals surface area contributed by atoms with Crippen LogP contribution in [0.1, 0.15) is 37.3 Å². The smallest absolute Gasteiger partial charge is 0.141 e. The third-order valence-electron chi connectivity index (χ3n) is 3.23. The van der Waals surface area contributed by atoms with Crippen molar-refractivity contribution in [3.63, 3.8) is 0 Å². The number of hydrogen-bond donors (Lipinski definition) is 0. The van der Waals surface area contributed by atoms with Crippen molar-refractivity contribution in [3.05, 3.63) is 16.4 Å². The summed E-state index contributed by atoms with van der Waals surface area (Å²) in [6.07, 6.45) is 5.56. The summed E-state index contributed by atoms with van der Waals surface area (Å²) in [5, 5.41) is 4.30. The molecule has 1 atom stereocenters. The number of aromatic nitrogens is 2. The molecule has 1 aromatic heterocycles. The maximum absolute atomic E-state index is 12.0. The molecule has 94 valence electrons. The molecule has 1 unspecified atom stereocenters. The van der Waals surface area contributed by atoms with Crippen molar-refractivity contribution in [2.24, 2.45) is 0 Å². The molecule has 5 heteroatoms. The summed E-state index contributed by atoms with van der Waals surface area (Å²) in [7, 11) is 1.67. The fourth-order valence-electron chi connectivity index (χ4n) is 2.35. The van der Waals surface area contributed by atoms with E-state index in [0.717, 1.165) is 29.4 Å². The van der Waals surface area contributed by atoms with Gasteiger partial charge in [-0.25, -0.2) is 0 Å². The number of nitrogens with zero attached hydrogens (tertiary/aromatic N) is 2. The Balaban J connectivity index is 2.22. The average Bonchev–Trinajstić information content (AvgIpc) is 2.69. The Kier molecular flexibility index (Phi) is 4.34. The van der Waals surface area contributed by atoms with Crippen LogP contribution >= 0.6 is 15.9 Å². The van der Waals surface area contributed by atoms with Crippen molar-refractivity contribution < 1.29 is 9.53 Å². The molecule has 1 aliphatic carbocycles. The SMILES string of the molecule is COCCn1ncc(Br)c1C1CCCCC1=O. The Morgan fingerprint density at radius 2 is 2.41 bits per heavy atom. The Labute approximate surface area is 109 Å². The molecule has 0 amide bonds. The molecule has 1 heterocycles. The van der Waals surface area contributed by atoms with Crippen LogP contribution < -0.4 is 0 Å². The highest BCUT2D eigenvalue weighted by Gasteiger charge is 2.28. The van der Waals surface area contributed by atoms with Crippen LogP contribution in [0.5, 0.6) is 0 Å². The molecule has 4 nitrogen and oxygen atoms in total. The first kappa shape index (κ1) is 12.8. The fourth-order valence-corrected chi connectivity index (χ4v) is 2.92. The number of ether oxygens (including phenoxy) is 1. The van der Waals surface area contributed by atoms with Crippen LogP contribution in [0.4, 0.5) is 0 Å². The number of rotatable bonds is 4. The van der Waals surface area contributed by atoms with E-state index in [9.17, 15) is 4.79 Å². The normalized spacial score (nSPS) is 20.8. The standard InChI is InChI=1S/C12H17BrN2O2/c1-17-7-6-15-12(10(13)8-14-15)9-4-2-3-5-11(9)16/h8-9H,2-7H2,1H3. The Morgan fingerprint density at radius 3 is 3.12 bits per heavy atom. The van der Waals surface area contributed by atoms with Crippen molar-refractivity contribution >= 4 is 21.7 Å². The van der Waals surface area contributed by atoms with Crippen LogP contribution in [0.25, 0.3) is 0 Å². The molecule has 1 fully saturated rings. The topological polar surface area (TPSA) is 44.1 Å². The predicted octanol–water partition coefficient (Wildman–Crippen LogP) is 2.52. The van der Waals surface area contributed by atoms with Gasteiger partial charge in [0.15, 0.2) is 0 Å². The number of carbonyl (C=O) groups is 1. The zero-order chi connectivity index (χ0) is 12.3. The Bertz CT molecular complexity index is 403. The van der Waals surface area contributed by atoms with Gasteiger partial charge >= 0.3 is 0 Å². The van der Waals surface area contributed by atoms with E-state index in [4.69, 9.17) is 4.74 Å². The maximum atomic E-state index is 12.0. The van der Waals surface area contributed by atoms with Gasteiger partial charge in [-0.15, -0.1) is 0 Å². The maximum Gasteiger partial charge on any atom is 0.141 e. The molecular weight excluding hydrogens is 284 g/mol. The summed E-state index contributed by atoms with van der Waals surface area (Å²) in [6, 6.07) is 0. The lowest BCUT2D eigenvalue weighted by atomic mass is 9.85. The second-order valence-electron chi connectivity index (χ2n) is 4.36. The van der Waals surface area contributed by atoms with E-state index in [2.05, 4.69) is 21.0 Å². The van der Waals surface area contributed by atoms with Gasteiger partial charge in [0.05, 0.1) is 35.4 Å². The van der Waals surface area contributed by atoms with Crippen molar-refractivity contribution in [1.82, 2.24) is 9.78 Å². The van der Waals surface area contributed by atoms with E-state index in [1.54, 1.807) is 13.3 Å². The summed E-state index contributed by atoms with van der Waals surface area (Å²) in [4.78, 5) is 12.0. The highest BCUT2D eigenvalue weighted by atomic mass is 79.9. The third kappa shape index (κ3) is 2.77. The van der Waals surface area contributed by atoms with E-state index in [0.29, 0.717) is 25.4 Å². The molecule has 0 spiro atoms. The second-order valence-corrected chi connectivity index (χ2v) is 5.21. The molecule has 0 bridgehead atoms. The number of ketones is 1. The van der Waals surface area contributed by atoms with E-state index in [1.165, 1.54) is 0 Å². The number of methoxy groups -OCH3 is 1. The first-order valence-corrected chi connectivity index (χ1v) is 6.76. The second kappa shape index (κ2) is 5.78. The van der Waals surface area contributed by atoms with Gasteiger partial charge in [-0.3, -0.25) is 9.48 Å². The van der Waals surface area contributed by atoms with Crippen LogP contribution in [0.15, 0.2) is 10.7 Å². The average molecular weight is 301 g/mol. The molecule has 1 saturated carbocycles. The molecule has 0 N–H and O–H groups in total. The molecule has 0 aliphatic heterocycles. The first-order chi connectivity index (χ1) is 8.24. The van der Waals surface area contributed by atoms with Crippen molar-refractivity contribution in [1.29, 1.82) is 0 Å². The van der Waals surface area contributed by atoms with Crippen molar-refractivity contribution in [2.45, 2.75) is 38.1 Å². The third-order valence-corrected chi connectivity index (χ3v) is 3.84. The summed E-state index contributed by atoms with van der Waals surface area (Å²) < 4.78 is 7.89. The number of hydrogen-bond acceptors (Lipinski definition) is 3. The molecular formula is C12H17BrN2O2. The van der Waals surface area contributed by atoms with Gasteiger partial charge < -0.3 is 4.74 Å². The lowest BCUT2D eigenvalue weighted by molar-refractivity contribution is -0.122. The number of carbonyl (C=O) groups excluding carboxylic acids is 1. The van der Waals surface area contributed by atoms with Crippen molar-refractivity contribution in [3.8, 4) is 0 Å². The van der Waals surface area contributed by atoms with E-state index in [-0.39, 0.29) is 5.92 Å². The van der Waals surface area contributed by atoms with E-state index in [1.807, 2.05) is 4.68 Å². The van der Waals surface area contributed by atoms with Crippen molar-refractivity contribution in [2.75, 3.05) is 13.7 Å². The van der Waals surface area contributed by atoms with Crippen LogP contribution in [0.3, 0.4) is 0 Å². The van der Waals surface area contributed by atoms with Crippen LogP contribution in [-0.4, -0.2) is 29.3 Å². The van der Waals surface area contributed by atoms with Gasteiger partial charge in [0.25, 0.3) is 0 Å². The van der Waals surface area contributed by atoms with Crippen LogP contribution in [0.2, 0.25) is 0 Å². The highest BCUT2D eigenvalue weighted by molar-refractivity contribution is 9.10. The summed E-state index contributed by atoms with van der Waals surface area (Å²) >= 11 is 3.50. The number of halogens is 1. The van der Waals surface area contributed by atoms with Gasteiger partial charge in [-0.2, -0.15) is 5.10 Å². The first-order valence-electron chi connectivity index (χ1n) is 5.97. The number of Topliss-reactive ketones (excluding diaryl/α,β-unsaturated/α-hetero) is 1. The van der Waals surface area contributed by atoms with E-state index >= 15 is 0 Å². The van der Waals surface area contributed by atoms with Gasteiger partial charge in [0.2, 0.25) is 0 Å². The monoisotopic (exact) mass is 300 g/mol. The summed E-state index contributed by atoms with van der Waals surface area (Å²) in [5.41, 5.74) is 1.02. The van der Waals surface area contributed by atoms with Gasteiger partial charge in [-0.1, -0.05) is 6.42 Å². The highest BCUT2D eigenvalue weighted by Crippen LogP contribution is 2.34. The molecule has 1 aliphatic rings. The fraction of sp³-hybridized carbons (Fsp3) is 0.667. The summed E-state index contributed by atoms with van der Waals surface area (Å²) in [6.45, 7) is 1.31. The van der Waals surface area contributed by atoms with Crippen LogP contribution in [0, 0.1) is 0 Å². The lowest BCUT2D eigenvalue weighted by Gasteiger charge is -2.22. The Hall–Kier alpha value is -0.680. The molecule has 2 rings (SSSR count). The zero-order valence-electron chi connectivity index (χ0n) is 9.99. The minimum absolute atomic E-state index is 0.0116.